The van der Waals surface area contributed by atoms with E-state index in [2.05, 4.69) is 13.0 Å². The van der Waals surface area contributed by atoms with Gasteiger partial charge in [0.25, 0.3) is 0 Å². The highest BCUT2D eigenvalue weighted by atomic mass is 16.6. The summed E-state index contributed by atoms with van der Waals surface area (Å²) in [5.41, 5.74) is 2.93. The molecule has 0 radical (unpaired) electrons. The summed E-state index contributed by atoms with van der Waals surface area (Å²) in [6.07, 6.45) is 6.56. The van der Waals surface area contributed by atoms with Crippen molar-refractivity contribution in [3.63, 3.8) is 0 Å². The molecule has 0 saturated carbocycles. The molecule has 1 fully saturated rings. The maximum absolute atomic E-state index is 12.4. The number of carbonyl (C=O) groups is 1. The van der Waals surface area contributed by atoms with E-state index in [0.717, 1.165) is 42.8 Å². The zero-order valence-corrected chi connectivity index (χ0v) is 14.3. The highest BCUT2D eigenvalue weighted by Crippen LogP contribution is 2.64. The van der Waals surface area contributed by atoms with Crippen LogP contribution in [0, 0.1) is 18.3 Å². The fraction of sp³-hybridized carbons (Fsp3) is 0.632. The number of rotatable bonds is 2. The Balaban J connectivity index is 1.86. The van der Waals surface area contributed by atoms with E-state index in [1.165, 1.54) is 5.57 Å². The zero-order valence-electron chi connectivity index (χ0n) is 14.3. The zero-order chi connectivity index (χ0) is 16.4. The topological polar surface area (TPSA) is 52.0 Å². The smallest absolute Gasteiger partial charge is 0.309 e. The van der Waals surface area contributed by atoms with Crippen molar-refractivity contribution < 1.29 is 18.7 Å². The van der Waals surface area contributed by atoms with Crippen LogP contribution in [0.25, 0.3) is 0 Å². The average Bonchev–Trinajstić information content (AvgIpc) is 3.20. The minimum Gasteiger partial charge on any atom is -0.468 e. The molecule has 3 aliphatic rings. The van der Waals surface area contributed by atoms with Crippen molar-refractivity contribution in [3.8, 4) is 0 Å². The van der Waals surface area contributed by atoms with Gasteiger partial charge in [-0.1, -0.05) is 25.5 Å². The normalized spacial score (nSPS) is 34.8. The number of aryl methyl sites for hydroxylation is 1. The lowest BCUT2D eigenvalue weighted by Gasteiger charge is -2.48. The third-order valence-corrected chi connectivity index (χ3v) is 5.99. The first-order chi connectivity index (χ1) is 10.9. The number of hydrogen-bond donors (Lipinski definition) is 0. The average molecular weight is 316 g/mol. The molecule has 2 heterocycles. The summed E-state index contributed by atoms with van der Waals surface area (Å²) < 4.78 is 17.8. The van der Waals surface area contributed by atoms with Gasteiger partial charge in [-0.2, -0.15) is 0 Å². The van der Waals surface area contributed by atoms with Crippen LogP contribution in [0.1, 0.15) is 56.6 Å². The molecule has 2 aliphatic carbocycles. The number of allylic oxidation sites excluding steroid dienone is 1. The highest BCUT2D eigenvalue weighted by Gasteiger charge is 2.67. The van der Waals surface area contributed by atoms with Gasteiger partial charge in [0, 0.05) is 12.0 Å². The largest absolute Gasteiger partial charge is 0.468 e. The van der Waals surface area contributed by atoms with Crippen LogP contribution in [-0.2, 0) is 20.7 Å². The highest BCUT2D eigenvalue weighted by molar-refractivity contribution is 5.72. The van der Waals surface area contributed by atoms with Gasteiger partial charge in [0.2, 0.25) is 0 Å². The van der Waals surface area contributed by atoms with Crippen molar-refractivity contribution in [2.45, 2.75) is 58.7 Å². The maximum atomic E-state index is 12.4. The van der Waals surface area contributed by atoms with E-state index >= 15 is 0 Å². The molecular formula is C19H24O4. The molecule has 0 bridgehead atoms. The first-order valence-corrected chi connectivity index (χ1v) is 8.50. The maximum Gasteiger partial charge on any atom is 0.309 e. The van der Waals surface area contributed by atoms with E-state index < -0.39 is 0 Å². The van der Waals surface area contributed by atoms with Gasteiger partial charge in [-0.05, 0) is 32.3 Å². The number of furan rings is 1. The van der Waals surface area contributed by atoms with E-state index in [0.29, 0.717) is 0 Å². The van der Waals surface area contributed by atoms with E-state index in [1.54, 1.807) is 6.26 Å². The molecule has 4 nitrogen and oxygen atoms in total. The fourth-order valence-electron chi connectivity index (χ4n) is 4.33. The molecule has 23 heavy (non-hydrogen) atoms. The predicted molar refractivity (Wildman–Crippen MR) is 84.9 cm³/mol. The van der Waals surface area contributed by atoms with Crippen LogP contribution in [0.4, 0.5) is 0 Å². The van der Waals surface area contributed by atoms with Crippen molar-refractivity contribution in [2.75, 3.05) is 6.61 Å². The second kappa shape index (κ2) is 4.73. The summed E-state index contributed by atoms with van der Waals surface area (Å²) in [6.45, 7) is 8.73. The molecule has 124 valence electrons. The van der Waals surface area contributed by atoms with Gasteiger partial charge < -0.3 is 13.9 Å². The second-order valence-electron chi connectivity index (χ2n) is 7.66. The van der Waals surface area contributed by atoms with E-state index in [9.17, 15) is 4.79 Å². The van der Waals surface area contributed by atoms with Crippen LogP contribution in [0.2, 0.25) is 0 Å². The number of esters is 1. The first-order valence-electron chi connectivity index (χ1n) is 8.50. The Bertz CT molecular complexity index is 692. The summed E-state index contributed by atoms with van der Waals surface area (Å²) in [7, 11) is 0. The molecule has 1 aliphatic heterocycles. The molecule has 1 saturated heterocycles. The number of epoxide rings is 1. The molecule has 4 rings (SSSR count). The first kappa shape index (κ1) is 15.0. The number of fused-ring (bicyclic) bond motifs is 3. The Morgan fingerprint density at radius 3 is 2.83 bits per heavy atom. The summed E-state index contributed by atoms with van der Waals surface area (Å²) in [6, 6.07) is 0. The Kier molecular flexibility index (Phi) is 3.08. The van der Waals surface area contributed by atoms with Crippen LogP contribution < -0.4 is 0 Å². The molecule has 0 aromatic carbocycles. The van der Waals surface area contributed by atoms with Gasteiger partial charge in [0.1, 0.15) is 17.5 Å². The van der Waals surface area contributed by atoms with Crippen LogP contribution in [0.5, 0.6) is 0 Å². The van der Waals surface area contributed by atoms with Crippen molar-refractivity contribution in [1.82, 2.24) is 0 Å². The molecule has 3 atom stereocenters. The molecule has 4 heteroatoms. The van der Waals surface area contributed by atoms with Crippen LogP contribution in [-0.4, -0.2) is 18.2 Å². The molecule has 1 aromatic rings. The van der Waals surface area contributed by atoms with Crippen molar-refractivity contribution in [1.29, 1.82) is 0 Å². The Morgan fingerprint density at radius 2 is 2.17 bits per heavy atom. The minimum absolute atomic E-state index is 0.150. The Morgan fingerprint density at radius 1 is 1.43 bits per heavy atom. The van der Waals surface area contributed by atoms with Crippen LogP contribution in [0.3, 0.4) is 0 Å². The van der Waals surface area contributed by atoms with Gasteiger partial charge in [0.15, 0.2) is 0 Å². The van der Waals surface area contributed by atoms with Crippen molar-refractivity contribution in [3.05, 3.63) is 34.8 Å². The third kappa shape index (κ3) is 1.90. The quantitative estimate of drug-likeness (QED) is 0.472. The molecule has 1 aromatic heterocycles. The van der Waals surface area contributed by atoms with Crippen molar-refractivity contribution in [2.24, 2.45) is 11.3 Å². The lowest BCUT2D eigenvalue weighted by molar-refractivity contribution is -0.163. The lowest BCUT2D eigenvalue weighted by atomic mass is 9.58. The standard InChI is InChI=1S/C19H24O4/c1-11(2)17(20)23-16-15-12(3)9-21-14(15)8-13-6-5-7-19(10-22-19)18(13,16)4/h6,9,11,16H,5,7-8,10H2,1-4H3. The predicted octanol–water partition coefficient (Wildman–Crippen LogP) is 3.88. The van der Waals surface area contributed by atoms with E-state index in [4.69, 9.17) is 13.9 Å². The molecular weight excluding hydrogens is 292 g/mol. The molecule has 0 N–H and O–H groups in total. The summed E-state index contributed by atoms with van der Waals surface area (Å²) in [4.78, 5) is 12.4. The van der Waals surface area contributed by atoms with Gasteiger partial charge >= 0.3 is 5.97 Å². The minimum atomic E-state index is -0.325. The van der Waals surface area contributed by atoms with Gasteiger partial charge in [-0.3, -0.25) is 4.79 Å². The van der Waals surface area contributed by atoms with Crippen molar-refractivity contribution >= 4 is 5.97 Å². The fourth-order valence-corrected chi connectivity index (χ4v) is 4.33. The number of ether oxygens (including phenoxy) is 2. The summed E-state index contributed by atoms with van der Waals surface area (Å²) >= 11 is 0. The SMILES string of the molecule is Cc1coc2c1C(OC(=O)C(C)C)C1(C)C(=CCCC13CO3)C2. The summed E-state index contributed by atoms with van der Waals surface area (Å²) in [5.74, 6) is 0.624. The second-order valence-corrected chi connectivity index (χ2v) is 7.66. The molecule has 1 spiro atoms. The number of hydrogen-bond acceptors (Lipinski definition) is 4. The molecule has 0 amide bonds. The van der Waals surface area contributed by atoms with Gasteiger partial charge in [-0.15, -0.1) is 0 Å². The lowest BCUT2D eigenvalue weighted by Crippen LogP contribution is -2.49. The van der Waals surface area contributed by atoms with E-state index in [1.807, 2.05) is 20.8 Å². The van der Waals surface area contributed by atoms with Crippen LogP contribution in [0.15, 0.2) is 22.3 Å². The number of carbonyl (C=O) groups excluding carboxylic acids is 1. The molecule has 3 unspecified atom stereocenters. The van der Waals surface area contributed by atoms with Gasteiger partial charge in [0.05, 0.1) is 24.2 Å². The Labute approximate surface area is 136 Å². The Hall–Kier alpha value is -1.55. The van der Waals surface area contributed by atoms with Crippen LogP contribution >= 0.6 is 0 Å². The van der Waals surface area contributed by atoms with E-state index in [-0.39, 0.29) is 29.0 Å². The van der Waals surface area contributed by atoms with Gasteiger partial charge in [-0.25, -0.2) is 0 Å². The third-order valence-electron chi connectivity index (χ3n) is 5.99. The monoisotopic (exact) mass is 316 g/mol. The summed E-state index contributed by atoms with van der Waals surface area (Å²) in [5, 5.41) is 0.